The van der Waals surface area contributed by atoms with Gasteiger partial charge in [-0.1, -0.05) is 17.7 Å². The molecule has 0 aliphatic heterocycles. The molecule has 0 saturated carbocycles. The summed E-state index contributed by atoms with van der Waals surface area (Å²) in [5.74, 6) is -4.84. The second-order valence-electron chi connectivity index (χ2n) is 5.88. The van der Waals surface area contributed by atoms with Crippen molar-refractivity contribution in [2.45, 2.75) is 25.0 Å². The maximum absolute atomic E-state index is 15.4. The summed E-state index contributed by atoms with van der Waals surface area (Å²) >= 11 is 5.72. The number of ether oxygens (including phenoxy) is 1. The fourth-order valence-electron chi connectivity index (χ4n) is 2.70. The predicted molar refractivity (Wildman–Crippen MR) is 92.4 cm³/mol. The molecule has 28 heavy (non-hydrogen) atoms. The molecule has 0 saturated heterocycles. The van der Waals surface area contributed by atoms with Crippen LogP contribution in [-0.4, -0.2) is 36.9 Å². The smallest absolute Gasteiger partial charge is 0.323 e. The Morgan fingerprint density at radius 1 is 1.25 bits per heavy atom. The summed E-state index contributed by atoms with van der Waals surface area (Å²) in [5, 5.41) is 21.3. The number of aromatic nitrogens is 5. The lowest BCUT2D eigenvalue weighted by molar-refractivity contribution is -0.207. The summed E-state index contributed by atoms with van der Waals surface area (Å²) in [6.07, 6.45) is 2.13. The predicted octanol–water partition coefficient (Wildman–Crippen LogP) is 2.94. The second kappa shape index (κ2) is 7.72. The first-order valence-corrected chi connectivity index (χ1v) is 8.51. The molecule has 2 aromatic heterocycles. The number of hydrogen-bond acceptors (Lipinski definition) is 6. The number of halogens is 4. The van der Waals surface area contributed by atoms with E-state index in [1.165, 1.54) is 12.1 Å². The van der Waals surface area contributed by atoms with Crippen LogP contribution < -0.4 is 4.74 Å². The van der Waals surface area contributed by atoms with Crippen molar-refractivity contribution in [3.8, 4) is 5.75 Å². The molecule has 0 aliphatic carbocycles. The minimum Gasteiger partial charge on any atom is -0.492 e. The summed E-state index contributed by atoms with van der Waals surface area (Å²) in [4.78, 5) is 3.69. The molecule has 1 unspecified atom stereocenters. The second-order valence-corrected chi connectivity index (χ2v) is 6.31. The number of nitrogens with zero attached hydrogens (tertiary/aromatic N) is 5. The largest absolute Gasteiger partial charge is 0.492 e. The summed E-state index contributed by atoms with van der Waals surface area (Å²) in [6, 6.07) is 5.32. The van der Waals surface area contributed by atoms with Gasteiger partial charge in [-0.25, -0.2) is 9.07 Å². The van der Waals surface area contributed by atoms with E-state index in [-0.39, 0.29) is 10.8 Å². The van der Waals surface area contributed by atoms with Gasteiger partial charge in [-0.15, -0.1) is 5.10 Å². The first-order valence-electron chi connectivity index (χ1n) is 8.13. The molecule has 1 atom stereocenters. The van der Waals surface area contributed by atoms with E-state index in [1.54, 1.807) is 6.92 Å². The van der Waals surface area contributed by atoms with Crippen molar-refractivity contribution in [2.24, 2.45) is 0 Å². The first kappa shape index (κ1) is 20.0. The Labute approximate surface area is 162 Å². The third kappa shape index (κ3) is 3.65. The molecule has 0 radical (unpaired) electrons. The zero-order chi connectivity index (χ0) is 20.4. The number of rotatable bonds is 7. The average Bonchev–Trinajstić information content (AvgIpc) is 3.15. The summed E-state index contributed by atoms with van der Waals surface area (Å²) < 4.78 is 51.5. The molecule has 0 aliphatic rings. The van der Waals surface area contributed by atoms with E-state index >= 15 is 8.78 Å². The zero-order valence-corrected chi connectivity index (χ0v) is 15.3. The number of alkyl halides is 2. The van der Waals surface area contributed by atoms with Crippen LogP contribution >= 0.6 is 11.6 Å². The SMILES string of the molecule is CCOc1ccc(C(F)(F)C(O)(Cn2cnnn2)c2ccc(Cl)cc2F)nc1. The van der Waals surface area contributed by atoms with E-state index in [0.29, 0.717) is 6.61 Å². The van der Waals surface area contributed by atoms with Crippen molar-refractivity contribution in [3.63, 3.8) is 0 Å². The van der Waals surface area contributed by atoms with Gasteiger partial charge in [-0.2, -0.15) is 8.78 Å². The van der Waals surface area contributed by atoms with E-state index in [2.05, 4.69) is 20.5 Å². The number of aliphatic hydroxyl groups is 1. The monoisotopic (exact) mass is 413 g/mol. The van der Waals surface area contributed by atoms with Gasteiger partial charge in [0.25, 0.3) is 0 Å². The molecule has 2 heterocycles. The molecule has 0 fully saturated rings. The van der Waals surface area contributed by atoms with Gasteiger partial charge in [0.2, 0.25) is 0 Å². The molecule has 148 valence electrons. The molecular weight excluding hydrogens is 399 g/mol. The standard InChI is InChI=1S/C17H15ClF3N5O2/c1-2-28-12-4-6-15(22-8-12)17(20,21)16(27,9-26-10-23-24-25-26)13-5-3-11(18)7-14(13)19/h3-8,10,27H,2,9H2,1H3. The quantitative estimate of drug-likeness (QED) is 0.641. The Bertz CT molecular complexity index is 940. The molecule has 1 aromatic carbocycles. The highest BCUT2D eigenvalue weighted by Gasteiger charge is 2.57. The van der Waals surface area contributed by atoms with Crippen LogP contribution in [0.2, 0.25) is 5.02 Å². The van der Waals surface area contributed by atoms with Crippen LogP contribution in [0.5, 0.6) is 5.75 Å². The van der Waals surface area contributed by atoms with Gasteiger partial charge in [0, 0.05) is 10.6 Å². The third-order valence-electron chi connectivity index (χ3n) is 4.05. The molecule has 11 heteroatoms. The van der Waals surface area contributed by atoms with E-state index in [9.17, 15) is 9.50 Å². The highest BCUT2D eigenvalue weighted by molar-refractivity contribution is 6.30. The number of hydrogen-bond donors (Lipinski definition) is 1. The molecule has 1 N–H and O–H groups in total. The lowest BCUT2D eigenvalue weighted by Crippen LogP contribution is -2.48. The Balaban J connectivity index is 2.11. The van der Waals surface area contributed by atoms with Crippen molar-refractivity contribution in [1.29, 1.82) is 0 Å². The Morgan fingerprint density at radius 3 is 2.61 bits per heavy atom. The van der Waals surface area contributed by atoms with Gasteiger partial charge in [-0.3, -0.25) is 4.98 Å². The van der Waals surface area contributed by atoms with Gasteiger partial charge in [0.1, 0.15) is 23.6 Å². The number of benzene rings is 1. The van der Waals surface area contributed by atoms with Crippen LogP contribution in [0.15, 0.2) is 42.9 Å². The molecule has 3 rings (SSSR count). The van der Waals surface area contributed by atoms with Crippen LogP contribution in [0, 0.1) is 5.82 Å². The third-order valence-corrected chi connectivity index (χ3v) is 4.28. The summed E-state index contributed by atoms with van der Waals surface area (Å²) in [6.45, 7) is 1.23. The van der Waals surface area contributed by atoms with Crippen LogP contribution in [0.25, 0.3) is 0 Å². The van der Waals surface area contributed by atoms with E-state index < -0.39 is 35.1 Å². The summed E-state index contributed by atoms with van der Waals surface area (Å²) in [7, 11) is 0. The minimum atomic E-state index is -4.02. The fraction of sp³-hybridized carbons (Fsp3) is 0.294. The number of pyridine rings is 1. The van der Waals surface area contributed by atoms with Crippen LogP contribution in [-0.2, 0) is 18.1 Å². The Morgan fingerprint density at radius 2 is 2.04 bits per heavy atom. The normalized spacial score (nSPS) is 13.9. The molecule has 0 bridgehead atoms. The molecule has 0 spiro atoms. The van der Waals surface area contributed by atoms with Gasteiger partial charge in [0.15, 0.2) is 5.60 Å². The maximum atomic E-state index is 15.4. The Kier molecular flexibility index (Phi) is 5.52. The maximum Gasteiger partial charge on any atom is 0.323 e. The van der Waals surface area contributed by atoms with E-state index in [1.807, 2.05) is 0 Å². The Hall–Kier alpha value is -2.72. The highest BCUT2D eigenvalue weighted by atomic mass is 35.5. The average molecular weight is 414 g/mol. The van der Waals surface area contributed by atoms with Crippen LogP contribution in [0.3, 0.4) is 0 Å². The van der Waals surface area contributed by atoms with Gasteiger partial charge in [0.05, 0.1) is 19.3 Å². The van der Waals surface area contributed by atoms with Gasteiger partial charge >= 0.3 is 5.92 Å². The molecule has 7 nitrogen and oxygen atoms in total. The van der Waals surface area contributed by atoms with Crippen molar-refractivity contribution >= 4 is 11.6 Å². The van der Waals surface area contributed by atoms with Crippen LogP contribution in [0.1, 0.15) is 18.2 Å². The van der Waals surface area contributed by atoms with Gasteiger partial charge < -0.3 is 9.84 Å². The molecular formula is C17H15ClF3N5O2. The van der Waals surface area contributed by atoms with Gasteiger partial charge in [-0.05, 0) is 41.6 Å². The fourth-order valence-corrected chi connectivity index (χ4v) is 2.85. The topological polar surface area (TPSA) is 86.0 Å². The van der Waals surface area contributed by atoms with Crippen molar-refractivity contribution in [2.75, 3.05) is 6.61 Å². The van der Waals surface area contributed by atoms with Crippen molar-refractivity contribution < 1.29 is 23.0 Å². The van der Waals surface area contributed by atoms with Crippen LogP contribution in [0.4, 0.5) is 13.2 Å². The molecule has 0 amide bonds. The minimum absolute atomic E-state index is 0.00599. The molecule has 3 aromatic rings. The lowest BCUT2D eigenvalue weighted by Gasteiger charge is -2.35. The zero-order valence-electron chi connectivity index (χ0n) is 14.6. The summed E-state index contributed by atoms with van der Waals surface area (Å²) in [5.41, 5.74) is -4.51. The first-order chi connectivity index (χ1) is 13.3. The highest BCUT2D eigenvalue weighted by Crippen LogP contribution is 2.47. The van der Waals surface area contributed by atoms with Crippen molar-refractivity contribution in [3.05, 3.63) is 65.0 Å². The number of tetrazole rings is 1. The van der Waals surface area contributed by atoms with E-state index in [0.717, 1.165) is 35.4 Å². The van der Waals surface area contributed by atoms with E-state index in [4.69, 9.17) is 16.3 Å². The lowest BCUT2D eigenvalue weighted by atomic mass is 9.84. The van der Waals surface area contributed by atoms with Crippen molar-refractivity contribution in [1.82, 2.24) is 25.2 Å².